The van der Waals surface area contributed by atoms with Crippen LogP contribution in [0.1, 0.15) is 54.1 Å². The first-order valence-electron chi connectivity index (χ1n) is 7.63. The smallest absolute Gasteiger partial charge is 0.545 e. The number of carboxylic acids is 2. The van der Waals surface area contributed by atoms with Crippen LogP contribution in [-0.4, -0.2) is 11.9 Å². The summed E-state index contributed by atoms with van der Waals surface area (Å²) in [6.07, 6.45) is 0. The number of hydrogen-bond donors (Lipinski definition) is 0. The molecule has 0 atom stereocenters. The van der Waals surface area contributed by atoms with Crippen molar-refractivity contribution >= 4 is 11.9 Å². The van der Waals surface area contributed by atoms with Gasteiger partial charge in [-0.15, -0.1) is 0 Å². The molecule has 5 heteroatoms. The number of rotatable bonds is 2. The third kappa shape index (κ3) is 6.27. The standard InChI is InChI=1S/2C10H12O2.Cd/c2*1-6-4-7(2)8(3)9(5-6)10(11)12;/h2*4-5H,1-3H3,(H,11,12);/q;;+2/p-2. The predicted molar refractivity (Wildman–Crippen MR) is 90.0 cm³/mol. The van der Waals surface area contributed by atoms with Crippen LogP contribution in [0.25, 0.3) is 0 Å². The molecule has 0 aliphatic carbocycles. The fourth-order valence-electron chi connectivity index (χ4n) is 2.50. The van der Waals surface area contributed by atoms with Gasteiger partial charge in [-0.25, -0.2) is 0 Å². The van der Waals surface area contributed by atoms with E-state index in [0.29, 0.717) is 11.1 Å². The van der Waals surface area contributed by atoms with E-state index in [4.69, 9.17) is 0 Å². The van der Waals surface area contributed by atoms with Gasteiger partial charge >= 0.3 is 27.3 Å². The Morgan fingerprint density at radius 2 is 0.920 bits per heavy atom. The summed E-state index contributed by atoms with van der Waals surface area (Å²) in [5, 5.41) is 21.2. The quantitative estimate of drug-likeness (QED) is 0.671. The first-order chi connectivity index (χ1) is 11.0. The molecule has 0 saturated carbocycles. The monoisotopic (exact) mass is 440 g/mol. The topological polar surface area (TPSA) is 80.3 Å². The molecule has 0 fully saturated rings. The van der Waals surface area contributed by atoms with Crippen molar-refractivity contribution in [3.8, 4) is 0 Å². The molecule has 0 aromatic heterocycles. The number of aryl methyl sites for hydroxylation is 4. The van der Waals surface area contributed by atoms with Gasteiger partial charge in [-0.1, -0.05) is 23.3 Å². The average Bonchev–Trinajstić information content (AvgIpc) is 2.46. The Balaban J connectivity index is 0.000000443. The molecule has 4 nitrogen and oxygen atoms in total. The van der Waals surface area contributed by atoms with Crippen molar-refractivity contribution in [2.24, 2.45) is 0 Å². The number of carboxylic acid groups (broad SMARTS) is 2. The van der Waals surface area contributed by atoms with Crippen LogP contribution in [0.4, 0.5) is 0 Å². The van der Waals surface area contributed by atoms with Crippen molar-refractivity contribution < 1.29 is 47.1 Å². The predicted octanol–water partition coefficient (Wildman–Crippen LogP) is 1.95. The maximum atomic E-state index is 10.6. The van der Waals surface area contributed by atoms with Crippen LogP contribution in [-0.2, 0) is 27.3 Å². The Kier molecular flexibility index (Phi) is 9.04. The maximum absolute atomic E-state index is 10.6. The molecule has 0 aliphatic heterocycles. The third-order valence-electron chi connectivity index (χ3n) is 4.06. The third-order valence-corrected chi connectivity index (χ3v) is 4.06. The Bertz CT molecular complexity index is 727. The van der Waals surface area contributed by atoms with Crippen LogP contribution in [0.2, 0.25) is 0 Å². The van der Waals surface area contributed by atoms with Crippen LogP contribution in [0.15, 0.2) is 24.3 Å². The molecule has 2 aromatic rings. The molecule has 128 valence electrons. The molecule has 0 spiro atoms. The number of carbonyl (C=O) groups is 2. The van der Waals surface area contributed by atoms with Gasteiger partial charge in [0.25, 0.3) is 0 Å². The molecule has 2 aromatic carbocycles. The minimum absolute atomic E-state index is 0. The van der Waals surface area contributed by atoms with Gasteiger partial charge in [-0.05, 0) is 75.9 Å². The number of aromatic carboxylic acids is 2. The van der Waals surface area contributed by atoms with E-state index in [9.17, 15) is 19.8 Å². The van der Waals surface area contributed by atoms with Gasteiger partial charge in [0.2, 0.25) is 0 Å². The summed E-state index contributed by atoms with van der Waals surface area (Å²) in [5.74, 6) is -2.20. The Morgan fingerprint density at radius 3 is 1.16 bits per heavy atom. The molecule has 25 heavy (non-hydrogen) atoms. The van der Waals surface area contributed by atoms with Crippen molar-refractivity contribution in [1.29, 1.82) is 0 Å². The van der Waals surface area contributed by atoms with Gasteiger partial charge in [-0.3, -0.25) is 0 Å². The van der Waals surface area contributed by atoms with E-state index in [1.807, 2.05) is 39.8 Å². The second kappa shape index (κ2) is 9.70. The summed E-state index contributed by atoms with van der Waals surface area (Å²) >= 11 is 0. The fraction of sp³-hybridized carbons (Fsp3) is 0.300. The van der Waals surface area contributed by atoms with E-state index < -0.39 is 11.9 Å². The van der Waals surface area contributed by atoms with E-state index in [0.717, 1.165) is 33.4 Å². The molecule has 0 amide bonds. The molecule has 0 aliphatic rings. The van der Waals surface area contributed by atoms with E-state index in [1.165, 1.54) is 0 Å². The zero-order valence-corrected chi connectivity index (χ0v) is 19.7. The molecule has 0 radical (unpaired) electrons. The van der Waals surface area contributed by atoms with Crippen molar-refractivity contribution in [2.75, 3.05) is 0 Å². The normalized spacial score (nSPS) is 9.52. The van der Waals surface area contributed by atoms with Crippen LogP contribution in [0.3, 0.4) is 0 Å². The van der Waals surface area contributed by atoms with Gasteiger partial charge in [0, 0.05) is 11.1 Å². The summed E-state index contributed by atoms with van der Waals surface area (Å²) in [4.78, 5) is 21.2. The summed E-state index contributed by atoms with van der Waals surface area (Å²) in [7, 11) is 0. The fourth-order valence-corrected chi connectivity index (χ4v) is 2.50. The summed E-state index contributed by atoms with van der Waals surface area (Å²) in [6, 6.07) is 7.19. The average molecular weight is 439 g/mol. The number of carbonyl (C=O) groups excluding carboxylic acids is 2. The van der Waals surface area contributed by atoms with Crippen molar-refractivity contribution in [1.82, 2.24) is 0 Å². The summed E-state index contributed by atoms with van der Waals surface area (Å²) in [6.45, 7) is 11.1. The number of benzene rings is 2. The Morgan fingerprint density at radius 1 is 0.640 bits per heavy atom. The zero-order chi connectivity index (χ0) is 18.6. The Labute approximate surface area is 169 Å². The van der Waals surface area contributed by atoms with E-state index in [2.05, 4.69) is 0 Å². The molecule has 0 saturated heterocycles. The van der Waals surface area contributed by atoms with Crippen molar-refractivity contribution in [2.45, 2.75) is 41.5 Å². The molecule has 0 bridgehead atoms. The largest absolute Gasteiger partial charge is 2.00 e. The van der Waals surface area contributed by atoms with Crippen molar-refractivity contribution in [3.05, 3.63) is 68.8 Å². The van der Waals surface area contributed by atoms with E-state index >= 15 is 0 Å². The summed E-state index contributed by atoms with van der Waals surface area (Å²) < 4.78 is 0. The van der Waals surface area contributed by atoms with Crippen LogP contribution in [0.5, 0.6) is 0 Å². The van der Waals surface area contributed by atoms with Gasteiger partial charge in [0.1, 0.15) is 0 Å². The van der Waals surface area contributed by atoms with Crippen LogP contribution >= 0.6 is 0 Å². The van der Waals surface area contributed by atoms with E-state index in [1.54, 1.807) is 26.0 Å². The maximum Gasteiger partial charge on any atom is 2.00 e. The second-order valence-electron chi connectivity index (χ2n) is 6.08. The first-order valence-corrected chi connectivity index (χ1v) is 7.63. The van der Waals surface area contributed by atoms with Crippen molar-refractivity contribution in [3.63, 3.8) is 0 Å². The van der Waals surface area contributed by atoms with E-state index in [-0.39, 0.29) is 27.3 Å². The SMILES string of the molecule is Cc1cc(C)c(C)c(C(=O)[O-])c1.Cc1cc(C)c(C)c(C(=O)[O-])c1.[Cd+2]. The minimum Gasteiger partial charge on any atom is -0.545 e. The molecular weight excluding hydrogens is 417 g/mol. The molecule has 0 unspecified atom stereocenters. The molecular formula is C20H22CdO4. The number of hydrogen-bond acceptors (Lipinski definition) is 4. The van der Waals surface area contributed by atoms with Gasteiger partial charge in [-0.2, -0.15) is 0 Å². The van der Waals surface area contributed by atoms with Crippen LogP contribution < -0.4 is 10.2 Å². The minimum atomic E-state index is -1.10. The van der Waals surface area contributed by atoms with Gasteiger partial charge < -0.3 is 19.8 Å². The first kappa shape index (κ1) is 23.3. The zero-order valence-electron chi connectivity index (χ0n) is 15.6. The molecule has 0 heterocycles. The molecule has 0 N–H and O–H groups in total. The Hall–Kier alpha value is -1.70. The molecule has 2 rings (SSSR count). The van der Waals surface area contributed by atoms with Crippen LogP contribution in [0, 0.1) is 41.5 Å². The van der Waals surface area contributed by atoms with Gasteiger partial charge in [0.15, 0.2) is 0 Å². The second-order valence-corrected chi connectivity index (χ2v) is 6.08. The summed E-state index contributed by atoms with van der Waals surface area (Å²) in [5.41, 5.74) is 6.08. The van der Waals surface area contributed by atoms with Gasteiger partial charge in [0.05, 0.1) is 11.9 Å².